The normalized spacial score (nSPS) is 23.0. The molecule has 94 valence electrons. The predicted octanol–water partition coefficient (Wildman–Crippen LogP) is 3.15. The molecule has 0 radical (unpaired) electrons. The molecule has 1 heterocycles. The Labute approximate surface area is 105 Å². The number of ether oxygens (including phenoxy) is 1. The Morgan fingerprint density at radius 2 is 2.35 bits per heavy atom. The Kier molecular flexibility index (Phi) is 4.29. The third-order valence-electron chi connectivity index (χ3n) is 2.99. The minimum absolute atomic E-state index is 0.00597. The third-order valence-corrected chi connectivity index (χ3v) is 3.69. The summed E-state index contributed by atoms with van der Waals surface area (Å²) in [6, 6.07) is 4.33. The van der Waals surface area contributed by atoms with Crippen LogP contribution in [0.25, 0.3) is 0 Å². The number of aliphatic hydroxyl groups is 1. The Hall–Kier alpha value is -0.740. The SMILES string of the molecule is CSCCCC1CC(O)c2ccc(F)cc2O1. The molecule has 2 unspecified atom stereocenters. The molecule has 17 heavy (non-hydrogen) atoms. The van der Waals surface area contributed by atoms with E-state index in [0.29, 0.717) is 17.7 Å². The second kappa shape index (κ2) is 5.74. The van der Waals surface area contributed by atoms with Crippen LogP contribution in [0.5, 0.6) is 5.75 Å². The van der Waals surface area contributed by atoms with Gasteiger partial charge in [-0.2, -0.15) is 11.8 Å². The molecule has 0 bridgehead atoms. The molecular formula is C13H17FO2S. The van der Waals surface area contributed by atoms with Gasteiger partial charge in [-0.25, -0.2) is 4.39 Å². The lowest BCUT2D eigenvalue weighted by Gasteiger charge is -2.29. The Bertz CT molecular complexity index is 384. The molecule has 1 aliphatic heterocycles. The van der Waals surface area contributed by atoms with Crippen LogP contribution < -0.4 is 4.74 Å². The number of hydrogen-bond donors (Lipinski definition) is 1. The molecule has 1 aromatic carbocycles. The maximum absolute atomic E-state index is 13.1. The highest BCUT2D eigenvalue weighted by molar-refractivity contribution is 7.98. The third kappa shape index (κ3) is 3.13. The predicted molar refractivity (Wildman–Crippen MR) is 68.0 cm³/mol. The van der Waals surface area contributed by atoms with Gasteiger partial charge in [0.25, 0.3) is 0 Å². The molecule has 4 heteroatoms. The van der Waals surface area contributed by atoms with Crippen molar-refractivity contribution >= 4 is 11.8 Å². The Balaban J connectivity index is 2.04. The summed E-state index contributed by atoms with van der Waals surface area (Å²) in [4.78, 5) is 0. The molecule has 2 atom stereocenters. The Morgan fingerprint density at radius 3 is 3.12 bits per heavy atom. The number of halogens is 1. The molecule has 0 saturated heterocycles. The summed E-state index contributed by atoms with van der Waals surface area (Å²) in [6.45, 7) is 0. The van der Waals surface area contributed by atoms with Gasteiger partial charge in [0.05, 0.1) is 6.10 Å². The zero-order chi connectivity index (χ0) is 12.3. The smallest absolute Gasteiger partial charge is 0.128 e. The van der Waals surface area contributed by atoms with E-state index in [2.05, 4.69) is 6.26 Å². The largest absolute Gasteiger partial charge is 0.490 e. The topological polar surface area (TPSA) is 29.5 Å². The first-order valence-electron chi connectivity index (χ1n) is 5.84. The van der Waals surface area contributed by atoms with Gasteiger partial charge in [0.15, 0.2) is 0 Å². The average Bonchev–Trinajstić information content (AvgIpc) is 2.28. The lowest BCUT2D eigenvalue weighted by Crippen LogP contribution is -2.25. The molecule has 0 saturated carbocycles. The van der Waals surface area contributed by atoms with E-state index in [1.807, 2.05) is 0 Å². The standard InChI is InChI=1S/C13H17FO2S/c1-17-6-2-3-10-8-12(15)11-5-4-9(14)7-13(11)16-10/h4-5,7,10,12,15H,2-3,6,8H2,1H3. The zero-order valence-electron chi connectivity index (χ0n) is 9.86. The van der Waals surface area contributed by atoms with Crippen molar-refractivity contribution in [3.05, 3.63) is 29.6 Å². The van der Waals surface area contributed by atoms with Crippen LogP contribution in [0, 0.1) is 5.82 Å². The summed E-state index contributed by atoms with van der Waals surface area (Å²) in [5.41, 5.74) is 0.701. The number of thioether (sulfide) groups is 1. The van der Waals surface area contributed by atoms with E-state index in [-0.39, 0.29) is 11.9 Å². The fourth-order valence-corrected chi connectivity index (χ4v) is 2.58. The van der Waals surface area contributed by atoms with Gasteiger partial charge in [-0.15, -0.1) is 0 Å². The average molecular weight is 256 g/mol. The minimum atomic E-state index is -0.529. The van der Waals surface area contributed by atoms with Gasteiger partial charge < -0.3 is 9.84 Å². The van der Waals surface area contributed by atoms with Gasteiger partial charge in [0, 0.05) is 18.1 Å². The van der Waals surface area contributed by atoms with Crippen LogP contribution in [0.4, 0.5) is 4.39 Å². The second-order valence-electron chi connectivity index (χ2n) is 4.31. The van der Waals surface area contributed by atoms with Crippen molar-refractivity contribution in [3.8, 4) is 5.75 Å². The van der Waals surface area contributed by atoms with E-state index in [1.165, 1.54) is 12.1 Å². The summed E-state index contributed by atoms with van der Waals surface area (Å²) in [7, 11) is 0. The summed E-state index contributed by atoms with van der Waals surface area (Å²) in [5, 5.41) is 9.97. The molecule has 2 nitrogen and oxygen atoms in total. The summed E-state index contributed by atoms with van der Waals surface area (Å²) < 4.78 is 18.8. The monoisotopic (exact) mass is 256 g/mol. The molecule has 2 rings (SSSR count). The van der Waals surface area contributed by atoms with E-state index in [4.69, 9.17) is 4.74 Å². The van der Waals surface area contributed by atoms with Crippen LogP contribution in [0.3, 0.4) is 0 Å². The van der Waals surface area contributed by atoms with E-state index in [9.17, 15) is 9.50 Å². The maximum atomic E-state index is 13.1. The molecule has 0 amide bonds. The van der Waals surface area contributed by atoms with Crippen molar-refractivity contribution in [2.45, 2.75) is 31.5 Å². The summed E-state index contributed by atoms with van der Waals surface area (Å²) >= 11 is 1.80. The van der Waals surface area contributed by atoms with Gasteiger partial charge in [-0.1, -0.05) is 0 Å². The quantitative estimate of drug-likeness (QED) is 0.839. The van der Waals surface area contributed by atoms with Gasteiger partial charge in [-0.05, 0) is 37.0 Å². The van der Waals surface area contributed by atoms with Crippen LogP contribution in [0.1, 0.15) is 30.9 Å². The van der Waals surface area contributed by atoms with Gasteiger partial charge in [0.2, 0.25) is 0 Å². The lowest BCUT2D eigenvalue weighted by molar-refractivity contribution is 0.0613. The van der Waals surface area contributed by atoms with Crippen molar-refractivity contribution < 1.29 is 14.2 Å². The highest BCUT2D eigenvalue weighted by atomic mass is 32.2. The van der Waals surface area contributed by atoms with Gasteiger partial charge >= 0.3 is 0 Å². The van der Waals surface area contributed by atoms with E-state index < -0.39 is 6.10 Å². The fraction of sp³-hybridized carbons (Fsp3) is 0.538. The summed E-state index contributed by atoms with van der Waals surface area (Å²) in [5.74, 6) is 1.27. The molecule has 0 spiro atoms. The van der Waals surface area contributed by atoms with Crippen molar-refractivity contribution in [1.29, 1.82) is 0 Å². The molecule has 0 aromatic heterocycles. The van der Waals surface area contributed by atoms with Crippen LogP contribution in [0.2, 0.25) is 0 Å². The lowest BCUT2D eigenvalue weighted by atomic mass is 9.97. The first-order valence-corrected chi connectivity index (χ1v) is 7.23. The van der Waals surface area contributed by atoms with Crippen LogP contribution in [0.15, 0.2) is 18.2 Å². The van der Waals surface area contributed by atoms with Crippen molar-refractivity contribution in [2.75, 3.05) is 12.0 Å². The Morgan fingerprint density at radius 1 is 1.53 bits per heavy atom. The second-order valence-corrected chi connectivity index (χ2v) is 5.29. The molecular weight excluding hydrogens is 239 g/mol. The first-order chi connectivity index (χ1) is 8.20. The van der Waals surface area contributed by atoms with Crippen LogP contribution >= 0.6 is 11.8 Å². The number of benzene rings is 1. The molecule has 0 fully saturated rings. The van der Waals surface area contributed by atoms with Crippen molar-refractivity contribution in [1.82, 2.24) is 0 Å². The number of fused-ring (bicyclic) bond motifs is 1. The van der Waals surface area contributed by atoms with Gasteiger partial charge in [-0.3, -0.25) is 0 Å². The van der Waals surface area contributed by atoms with Crippen LogP contribution in [-0.4, -0.2) is 23.2 Å². The molecule has 0 aliphatic carbocycles. The minimum Gasteiger partial charge on any atom is -0.490 e. The van der Waals surface area contributed by atoms with Crippen molar-refractivity contribution in [3.63, 3.8) is 0 Å². The zero-order valence-corrected chi connectivity index (χ0v) is 10.7. The van der Waals surface area contributed by atoms with E-state index in [0.717, 1.165) is 18.6 Å². The van der Waals surface area contributed by atoms with Gasteiger partial charge in [0.1, 0.15) is 17.7 Å². The molecule has 1 N–H and O–H groups in total. The highest BCUT2D eigenvalue weighted by Gasteiger charge is 2.26. The molecule has 1 aromatic rings. The van der Waals surface area contributed by atoms with E-state index >= 15 is 0 Å². The van der Waals surface area contributed by atoms with Crippen molar-refractivity contribution in [2.24, 2.45) is 0 Å². The van der Waals surface area contributed by atoms with Crippen LogP contribution in [-0.2, 0) is 0 Å². The number of rotatable bonds is 4. The maximum Gasteiger partial charge on any atom is 0.128 e. The summed E-state index contributed by atoms with van der Waals surface area (Å²) in [6.07, 6.45) is 4.12. The van der Waals surface area contributed by atoms with E-state index in [1.54, 1.807) is 17.8 Å². The fourth-order valence-electron chi connectivity index (χ4n) is 2.12. The number of aliphatic hydroxyl groups excluding tert-OH is 1. The highest BCUT2D eigenvalue weighted by Crippen LogP contribution is 2.36. The first kappa shape index (κ1) is 12.7. The number of hydrogen-bond acceptors (Lipinski definition) is 3. The molecule has 1 aliphatic rings.